The molecule has 2 heterocycles. The fourth-order valence-corrected chi connectivity index (χ4v) is 4.36. The maximum atomic E-state index is 13.3. The number of rotatable bonds is 6. The van der Waals surface area contributed by atoms with E-state index in [1.165, 1.54) is 11.0 Å². The molecule has 2 aromatic carbocycles. The fourth-order valence-electron chi connectivity index (χ4n) is 4.36. The molecule has 2 aliphatic heterocycles. The molecule has 1 fully saturated rings. The number of carbonyl (C=O) groups excluding carboxylic acids is 3. The molecule has 0 aliphatic carbocycles. The maximum Gasteiger partial charge on any atom is 0.258 e. The molecule has 0 radical (unpaired) electrons. The Morgan fingerprint density at radius 1 is 1.06 bits per heavy atom. The third kappa shape index (κ3) is 4.56. The van der Waals surface area contributed by atoms with E-state index < -0.39 is 11.8 Å². The van der Waals surface area contributed by atoms with Crippen LogP contribution in [0.1, 0.15) is 51.6 Å². The first kappa shape index (κ1) is 23.6. The minimum Gasteiger partial charge on any atom is -0.507 e. The van der Waals surface area contributed by atoms with Crippen LogP contribution in [0.3, 0.4) is 0 Å². The topological polar surface area (TPSA) is 113 Å². The summed E-state index contributed by atoms with van der Waals surface area (Å²) in [7, 11) is 1.64. The first-order chi connectivity index (χ1) is 16.3. The average Bonchev–Trinajstić information content (AvgIpc) is 3.25. The van der Waals surface area contributed by atoms with Gasteiger partial charge >= 0.3 is 0 Å². The number of phenolic OH excluding ortho intramolecular Hbond substituents is 2. The van der Waals surface area contributed by atoms with Crippen LogP contribution in [-0.2, 0) is 17.9 Å². The number of amides is 3. The molecule has 34 heavy (non-hydrogen) atoms. The van der Waals surface area contributed by atoms with Crippen molar-refractivity contribution in [2.75, 3.05) is 38.1 Å². The molecule has 0 spiro atoms. The molecule has 3 N–H and O–H groups in total. The van der Waals surface area contributed by atoms with Gasteiger partial charge in [0, 0.05) is 51.5 Å². The number of piperazine rings is 1. The van der Waals surface area contributed by atoms with E-state index in [4.69, 9.17) is 0 Å². The Kier molecular flexibility index (Phi) is 6.74. The maximum absolute atomic E-state index is 13.3. The first-order valence-electron chi connectivity index (χ1n) is 11.5. The van der Waals surface area contributed by atoms with Crippen molar-refractivity contribution < 1.29 is 24.6 Å². The van der Waals surface area contributed by atoms with Gasteiger partial charge in [-0.1, -0.05) is 19.4 Å². The van der Waals surface area contributed by atoms with E-state index in [9.17, 15) is 24.6 Å². The van der Waals surface area contributed by atoms with Gasteiger partial charge in [-0.15, -0.1) is 0 Å². The molecular weight excluding hydrogens is 436 g/mol. The minimum absolute atomic E-state index is 0.00671. The molecule has 9 heteroatoms. The highest BCUT2D eigenvalue weighted by atomic mass is 16.3. The van der Waals surface area contributed by atoms with Gasteiger partial charge in [0.25, 0.3) is 11.8 Å². The minimum atomic E-state index is -0.432. The van der Waals surface area contributed by atoms with E-state index in [0.717, 1.165) is 42.3 Å². The number of nitrogens with zero attached hydrogens (tertiary/aromatic N) is 3. The van der Waals surface area contributed by atoms with Crippen molar-refractivity contribution in [3.63, 3.8) is 0 Å². The SMILES string of the molecule is CCCCN(C)C(=O)c1cc(C(=O)N2Cc3ccc(N4CCNCC4=O)cc3C2)c(O)cc1O. The number of aromatic hydroxyl groups is 2. The normalized spacial score (nSPS) is 15.4. The predicted molar refractivity (Wildman–Crippen MR) is 127 cm³/mol. The monoisotopic (exact) mass is 466 g/mol. The number of fused-ring (bicyclic) bond motifs is 1. The van der Waals surface area contributed by atoms with E-state index in [1.807, 2.05) is 25.1 Å². The van der Waals surface area contributed by atoms with Gasteiger partial charge in [-0.3, -0.25) is 14.4 Å². The fraction of sp³-hybridized carbons (Fsp3) is 0.400. The van der Waals surface area contributed by atoms with Gasteiger partial charge in [0.15, 0.2) is 0 Å². The van der Waals surface area contributed by atoms with Gasteiger partial charge < -0.3 is 30.2 Å². The van der Waals surface area contributed by atoms with Crippen molar-refractivity contribution in [1.82, 2.24) is 15.1 Å². The zero-order valence-corrected chi connectivity index (χ0v) is 19.5. The lowest BCUT2D eigenvalue weighted by Gasteiger charge is -2.27. The number of nitrogens with one attached hydrogen (secondary N) is 1. The van der Waals surface area contributed by atoms with Crippen LogP contribution in [0.25, 0.3) is 0 Å². The Morgan fingerprint density at radius 3 is 2.53 bits per heavy atom. The molecule has 3 amide bonds. The largest absolute Gasteiger partial charge is 0.507 e. The highest BCUT2D eigenvalue weighted by Gasteiger charge is 2.29. The zero-order valence-electron chi connectivity index (χ0n) is 19.5. The average molecular weight is 467 g/mol. The van der Waals surface area contributed by atoms with Gasteiger partial charge in [0.2, 0.25) is 5.91 Å². The lowest BCUT2D eigenvalue weighted by atomic mass is 10.1. The van der Waals surface area contributed by atoms with Crippen LogP contribution in [0, 0.1) is 0 Å². The smallest absolute Gasteiger partial charge is 0.258 e. The molecule has 0 atom stereocenters. The van der Waals surface area contributed by atoms with Crippen LogP contribution in [-0.4, -0.2) is 71.0 Å². The standard InChI is InChI=1S/C25H30N4O5/c1-3-4-8-27(2)24(33)19-11-20(22(31)12-21(19)30)25(34)28-14-16-5-6-18(10-17(16)15-28)29-9-7-26-13-23(29)32/h5-6,10-12,26,30-31H,3-4,7-9,13-15H2,1-2H3. The Hall–Kier alpha value is -3.59. The van der Waals surface area contributed by atoms with Gasteiger partial charge in [0.1, 0.15) is 11.5 Å². The molecule has 0 bridgehead atoms. The highest BCUT2D eigenvalue weighted by molar-refractivity contribution is 6.03. The van der Waals surface area contributed by atoms with Crippen LogP contribution in [0.15, 0.2) is 30.3 Å². The van der Waals surface area contributed by atoms with Crippen molar-refractivity contribution in [3.8, 4) is 11.5 Å². The number of benzene rings is 2. The summed E-state index contributed by atoms with van der Waals surface area (Å²) < 4.78 is 0. The Bertz CT molecular complexity index is 1130. The number of phenols is 2. The number of unbranched alkanes of at least 4 members (excludes halogenated alkanes) is 1. The molecule has 0 aromatic heterocycles. The molecule has 2 aliphatic rings. The molecule has 4 rings (SSSR count). The van der Waals surface area contributed by atoms with Crippen LogP contribution in [0.2, 0.25) is 0 Å². The summed E-state index contributed by atoms with van der Waals surface area (Å²) in [4.78, 5) is 43.1. The van der Waals surface area contributed by atoms with E-state index in [1.54, 1.807) is 16.8 Å². The molecular formula is C25H30N4O5. The lowest BCUT2D eigenvalue weighted by Crippen LogP contribution is -2.48. The Labute approximate surface area is 198 Å². The summed E-state index contributed by atoms with van der Waals surface area (Å²) in [6.45, 7) is 4.83. The van der Waals surface area contributed by atoms with E-state index in [-0.39, 0.29) is 28.5 Å². The number of hydrogen-bond acceptors (Lipinski definition) is 6. The summed E-state index contributed by atoms with van der Waals surface area (Å²) in [5.41, 5.74) is 2.65. The van der Waals surface area contributed by atoms with Crippen LogP contribution < -0.4 is 10.2 Å². The summed E-state index contributed by atoms with van der Waals surface area (Å²) >= 11 is 0. The molecule has 180 valence electrons. The predicted octanol–water partition coefficient (Wildman–Crippen LogP) is 2.06. The van der Waals surface area contributed by atoms with Gasteiger partial charge in [-0.25, -0.2) is 0 Å². The molecule has 1 saturated heterocycles. The molecule has 2 aromatic rings. The van der Waals surface area contributed by atoms with Crippen LogP contribution in [0.4, 0.5) is 5.69 Å². The van der Waals surface area contributed by atoms with E-state index >= 15 is 0 Å². The summed E-state index contributed by atoms with van der Waals surface area (Å²) in [6.07, 6.45) is 1.74. The number of anilines is 1. The zero-order chi connectivity index (χ0) is 24.4. The van der Waals surface area contributed by atoms with Crippen molar-refractivity contribution in [2.45, 2.75) is 32.9 Å². The van der Waals surface area contributed by atoms with Gasteiger partial charge in [0.05, 0.1) is 17.7 Å². The van der Waals surface area contributed by atoms with Crippen molar-refractivity contribution in [1.29, 1.82) is 0 Å². The third-order valence-electron chi connectivity index (χ3n) is 6.37. The van der Waals surface area contributed by atoms with Gasteiger partial charge in [-0.2, -0.15) is 0 Å². The second-order valence-electron chi connectivity index (χ2n) is 8.80. The van der Waals surface area contributed by atoms with Crippen LogP contribution >= 0.6 is 0 Å². The second-order valence-corrected chi connectivity index (χ2v) is 8.80. The summed E-state index contributed by atoms with van der Waals surface area (Å²) in [6, 6.07) is 8.05. The molecule has 9 nitrogen and oxygen atoms in total. The Morgan fingerprint density at radius 2 is 1.79 bits per heavy atom. The van der Waals surface area contributed by atoms with Crippen molar-refractivity contribution in [3.05, 3.63) is 52.6 Å². The van der Waals surface area contributed by atoms with Crippen molar-refractivity contribution in [2.24, 2.45) is 0 Å². The van der Waals surface area contributed by atoms with E-state index in [0.29, 0.717) is 32.7 Å². The second kappa shape index (κ2) is 9.72. The van der Waals surface area contributed by atoms with Gasteiger partial charge in [-0.05, 0) is 35.7 Å². The third-order valence-corrected chi connectivity index (χ3v) is 6.37. The first-order valence-corrected chi connectivity index (χ1v) is 11.5. The summed E-state index contributed by atoms with van der Waals surface area (Å²) in [5, 5.41) is 23.7. The molecule has 0 unspecified atom stereocenters. The highest BCUT2D eigenvalue weighted by Crippen LogP contribution is 2.33. The quantitative estimate of drug-likeness (QED) is 0.601. The number of hydrogen-bond donors (Lipinski definition) is 3. The van der Waals surface area contributed by atoms with Crippen LogP contribution in [0.5, 0.6) is 11.5 Å². The molecule has 0 saturated carbocycles. The summed E-state index contributed by atoms with van der Waals surface area (Å²) in [5.74, 6) is -1.57. The van der Waals surface area contributed by atoms with Crippen molar-refractivity contribution >= 4 is 23.4 Å². The lowest BCUT2D eigenvalue weighted by molar-refractivity contribution is -0.118. The Balaban J connectivity index is 1.54. The number of carbonyl (C=O) groups is 3. The van der Waals surface area contributed by atoms with E-state index in [2.05, 4.69) is 5.32 Å².